The fourth-order valence-corrected chi connectivity index (χ4v) is 1.75. The molecule has 6 heteroatoms. The molecule has 0 aromatic heterocycles. The van der Waals surface area contributed by atoms with E-state index < -0.39 is 0 Å². The van der Waals surface area contributed by atoms with E-state index in [0.717, 1.165) is 0 Å². The van der Waals surface area contributed by atoms with Crippen molar-refractivity contribution in [3.63, 3.8) is 0 Å². The Hall–Kier alpha value is -0.720. The van der Waals surface area contributed by atoms with Crippen LogP contribution in [0.3, 0.4) is 0 Å². The maximum Gasteiger partial charge on any atom is 0.323 e. The summed E-state index contributed by atoms with van der Waals surface area (Å²) in [7, 11) is 0. The summed E-state index contributed by atoms with van der Waals surface area (Å²) in [6.07, 6.45) is -0.263. The standard InChI is InChI=1S/C10H18N2O3S/c1-3-14-10(13)7(2)12-4-5-15-8(6-12)9(11)16/h7-8H,3-6H2,1-2H3,(H2,11,16). The van der Waals surface area contributed by atoms with Crippen LogP contribution in [0.1, 0.15) is 13.8 Å². The van der Waals surface area contributed by atoms with Crippen LogP contribution < -0.4 is 5.73 Å². The van der Waals surface area contributed by atoms with E-state index in [1.54, 1.807) is 6.92 Å². The van der Waals surface area contributed by atoms with E-state index in [2.05, 4.69) is 0 Å². The van der Waals surface area contributed by atoms with Gasteiger partial charge < -0.3 is 15.2 Å². The summed E-state index contributed by atoms with van der Waals surface area (Å²) in [5.41, 5.74) is 5.53. The van der Waals surface area contributed by atoms with Gasteiger partial charge in [0.15, 0.2) is 0 Å². The van der Waals surface area contributed by atoms with Gasteiger partial charge in [0, 0.05) is 13.1 Å². The molecule has 2 atom stereocenters. The second kappa shape index (κ2) is 6.12. The van der Waals surface area contributed by atoms with E-state index in [1.165, 1.54) is 0 Å². The maximum absolute atomic E-state index is 11.6. The molecule has 0 aromatic rings. The van der Waals surface area contributed by atoms with Crippen molar-refractivity contribution in [1.29, 1.82) is 0 Å². The second-order valence-electron chi connectivity index (χ2n) is 3.68. The number of nitrogens with two attached hydrogens (primary N) is 1. The molecule has 92 valence electrons. The zero-order chi connectivity index (χ0) is 12.1. The highest BCUT2D eigenvalue weighted by molar-refractivity contribution is 7.80. The van der Waals surface area contributed by atoms with Crippen LogP contribution in [-0.2, 0) is 14.3 Å². The highest BCUT2D eigenvalue weighted by Gasteiger charge is 2.29. The van der Waals surface area contributed by atoms with Crippen LogP contribution in [0.15, 0.2) is 0 Å². The average Bonchev–Trinajstić information content (AvgIpc) is 2.28. The molecule has 0 aliphatic carbocycles. The molecule has 0 radical (unpaired) electrons. The minimum Gasteiger partial charge on any atom is -0.465 e. The van der Waals surface area contributed by atoms with Crippen molar-refractivity contribution >= 4 is 23.2 Å². The van der Waals surface area contributed by atoms with E-state index in [9.17, 15) is 4.79 Å². The number of nitrogens with zero attached hydrogens (tertiary/aromatic N) is 1. The molecule has 16 heavy (non-hydrogen) atoms. The number of thiocarbonyl (C=S) groups is 1. The largest absolute Gasteiger partial charge is 0.465 e. The number of hydrogen-bond donors (Lipinski definition) is 1. The van der Waals surface area contributed by atoms with E-state index in [1.807, 2.05) is 11.8 Å². The summed E-state index contributed by atoms with van der Waals surface area (Å²) in [6, 6.07) is -0.277. The summed E-state index contributed by atoms with van der Waals surface area (Å²) < 4.78 is 10.4. The molecular weight excluding hydrogens is 228 g/mol. The zero-order valence-corrected chi connectivity index (χ0v) is 10.5. The third kappa shape index (κ3) is 3.40. The van der Waals surface area contributed by atoms with Gasteiger partial charge in [0.25, 0.3) is 0 Å². The second-order valence-corrected chi connectivity index (χ2v) is 4.16. The van der Waals surface area contributed by atoms with E-state index in [-0.39, 0.29) is 18.1 Å². The number of carbonyl (C=O) groups is 1. The van der Waals surface area contributed by atoms with Crippen LogP contribution in [0, 0.1) is 0 Å². The van der Waals surface area contributed by atoms with Crippen molar-refractivity contribution in [2.24, 2.45) is 5.73 Å². The van der Waals surface area contributed by atoms with Gasteiger partial charge in [0.2, 0.25) is 0 Å². The van der Waals surface area contributed by atoms with Crippen molar-refractivity contribution in [3.8, 4) is 0 Å². The monoisotopic (exact) mass is 246 g/mol. The Bertz CT molecular complexity index is 273. The van der Waals surface area contributed by atoms with Gasteiger partial charge in [0.05, 0.1) is 13.2 Å². The molecule has 1 heterocycles. The zero-order valence-electron chi connectivity index (χ0n) is 9.64. The lowest BCUT2D eigenvalue weighted by atomic mass is 10.2. The van der Waals surface area contributed by atoms with Gasteiger partial charge in [-0.2, -0.15) is 0 Å². The summed E-state index contributed by atoms with van der Waals surface area (Å²) in [5, 5.41) is 0. The maximum atomic E-state index is 11.6. The van der Waals surface area contributed by atoms with E-state index in [4.69, 9.17) is 27.4 Å². The summed E-state index contributed by atoms with van der Waals surface area (Å²) in [4.78, 5) is 13.9. The van der Waals surface area contributed by atoms with Crippen molar-refractivity contribution in [1.82, 2.24) is 4.90 Å². The molecule has 1 saturated heterocycles. The van der Waals surface area contributed by atoms with Gasteiger partial charge in [0.1, 0.15) is 17.1 Å². The molecule has 1 fully saturated rings. The summed E-state index contributed by atoms with van der Waals surface area (Å²) in [5.74, 6) is -0.217. The minimum atomic E-state index is -0.277. The lowest BCUT2D eigenvalue weighted by molar-refractivity contribution is -0.151. The lowest BCUT2D eigenvalue weighted by Crippen LogP contribution is -2.53. The first-order chi connectivity index (χ1) is 7.56. The third-order valence-electron chi connectivity index (χ3n) is 2.59. The number of carbonyl (C=O) groups excluding carboxylic acids is 1. The first-order valence-electron chi connectivity index (χ1n) is 5.37. The third-order valence-corrected chi connectivity index (χ3v) is 2.85. The molecule has 5 nitrogen and oxygen atoms in total. The molecule has 0 amide bonds. The molecule has 1 rings (SSSR count). The predicted octanol–water partition coefficient (Wildman–Crippen LogP) is -0.0751. The first kappa shape index (κ1) is 13.3. The Morgan fingerprint density at radius 2 is 2.44 bits per heavy atom. The van der Waals surface area contributed by atoms with Gasteiger partial charge in [-0.1, -0.05) is 12.2 Å². The van der Waals surface area contributed by atoms with Crippen LogP contribution in [0.25, 0.3) is 0 Å². The van der Waals surface area contributed by atoms with Gasteiger partial charge in [-0.15, -0.1) is 0 Å². The highest BCUT2D eigenvalue weighted by atomic mass is 32.1. The molecule has 1 aliphatic heterocycles. The number of rotatable bonds is 4. The van der Waals surface area contributed by atoms with Crippen molar-refractivity contribution in [2.45, 2.75) is 26.0 Å². The quantitative estimate of drug-likeness (QED) is 0.553. The summed E-state index contributed by atoms with van der Waals surface area (Å²) >= 11 is 4.88. The van der Waals surface area contributed by atoms with Crippen LogP contribution in [0.4, 0.5) is 0 Å². The summed E-state index contributed by atoms with van der Waals surface area (Å²) in [6.45, 7) is 5.79. The Labute approximate surface area is 101 Å². The molecule has 2 N–H and O–H groups in total. The molecule has 1 aliphatic rings. The predicted molar refractivity (Wildman–Crippen MR) is 64.2 cm³/mol. The number of hydrogen-bond acceptors (Lipinski definition) is 5. The SMILES string of the molecule is CCOC(=O)C(C)N1CCOC(C(N)=S)C1. The van der Waals surface area contributed by atoms with Gasteiger partial charge in [-0.25, -0.2) is 0 Å². The topological polar surface area (TPSA) is 64.8 Å². The molecule has 0 aromatic carbocycles. The number of morpholine rings is 1. The number of esters is 1. The Morgan fingerprint density at radius 3 is 3.00 bits per heavy atom. The minimum absolute atomic E-state index is 0.217. The molecule has 0 saturated carbocycles. The molecule has 0 bridgehead atoms. The van der Waals surface area contributed by atoms with Gasteiger partial charge in [-0.05, 0) is 13.8 Å². The van der Waals surface area contributed by atoms with Crippen molar-refractivity contribution in [2.75, 3.05) is 26.3 Å². The highest BCUT2D eigenvalue weighted by Crippen LogP contribution is 2.10. The number of ether oxygens (including phenoxy) is 2. The lowest BCUT2D eigenvalue weighted by Gasteiger charge is -2.35. The molecule has 2 unspecified atom stereocenters. The normalized spacial score (nSPS) is 23.8. The van der Waals surface area contributed by atoms with Gasteiger partial charge >= 0.3 is 5.97 Å². The van der Waals surface area contributed by atoms with E-state index in [0.29, 0.717) is 31.3 Å². The van der Waals surface area contributed by atoms with Crippen LogP contribution >= 0.6 is 12.2 Å². The van der Waals surface area contributed by atoms with Crippen LogP contribution in [0.2, 0.25) is 0 Å². The fourth-order valence-electron chi connectivity index (χ4n) is 1.61. The Morgan fingerprint density at radius 1 is 1.75 bits per heavy atom. The van der Waals surface area contributed by atoms with E-state index >= 15 is 0 Å². The van der Waals surface area contributed by atoms with Gasteiger partial charge in [-0.3, -0.25) is 9.69 Å². The van der Waals surface area contributed by atoms with Crippen molar-refractivity contribution < 1.29 is 14.3 Å². The van der Waals surface area contributed by atoms with Crippen LogP contribution in [-0.4, -0.2) is 54.3 Å². The molecule has 0 spiro atoms. The first-order valence-corrected chi connectivity index (χ1v) is 5.78. The van der Waals surface area contributed by atoms with Crippen LogP contribution in [0.5, 0.6) is 0 Å². The van der Waals surface area contributed by atoms with Crippen molar-refractivity contribution in [3.05, 3.63) is 0 Å². The fraction of sp³-hybridized carbons (Fsp3) is 0.800. The smallest absolute Gasteiger partial charge is 0.323 e. The Balaban J connectivity index is 2.52. The Kier molecular flexibility index (Phi) is 5.11. The average molecular weight is 246 g/mol. The molecular formula is C10H18N2O3S.